The van der Waals surface area contributed by atoms with Crippen LogP contribution in [0.1, 0.15) is 84.5 Å². The number of ketones is 1. The van der Waals surface area contributed by atoms with Gasteiger partial charge in [-0.2, -0.15) is 11.8 Å². The number of unbranched alkanes of at least 4 members (excludes halogenated alkanes) is 9. The van der Waals surface area contributed by atoms with E-state index in [0.29, 0.717) is 5.78 Å². The summed E-state index contributed by atoms with van der Waals surface area (Å²) in [6.07, 6.45) is 14.2. The number of thioether (sulfide) groups is 1. The summed E-state index contributed by atoms with van der Waals surface area (Å²) in [4.78, 5) is 11.4. The Kier molecular flexibility index (Phi) is 15.1. The number of rotatable bonds is 14. The minimum atomic E-state index is 0.446. The molecular weight excluding hydrogens is 240 g/mol. The van der Waals surface area contributed by atoms with Gasteiger partial charge in [-0.3, -0.25) is 4.79 Å². The van der Waals surface area contributed by atoms with Gasteiger partial charge in [0.1, 0.15) is 5.78 Å². The van der Waals surface area contributed by atoms with Gasteiger partial charge < -0.3 is 0 Å². The Morgan fingerprint density at radius 1 is 0.778 bits per heavy atom. The van der Waals surface area contributed by atoms with Crippen molar-refractivity contribution < 1.29 is 4.79 Å². The fraction of sp³-hybridized carbons (Fsp3) is 0.938. The molecule has 0 aromatic rings. The van der Waals surface area contributed by atoms with E-state index in [1.807, 2.05) is 0 Å². The molecule has 0 aliphatic heterocycles. The zero-order valence-electron chi connectivity index (χ0n) is 12.5. The predicted molar refractivity (Wildman–Crippen MR) is 84.5 cm³/mol. The van der Waals surface area contributed by atoms with E-state index in [0.717, 1.165) is 24.3 Å². The Morgan fingerprint density at radius 2 is 1.28 bits per heavy atom. The Bertz CT molecular complexity index is 180. The minimum Gasteiger partial charge on any atom is -0.299 e. The van der Waals surface area contributed by atoms with Gasteiger partial charge in [0.15, 0.2) is 0 Å². The molecule has 0 aliphatic carbocycles. The lowest BCUT2D eigenvalue weighted by molar-refractivity contribution is -0.116. The predicted octanol–water partition coefficient (Wildman–Crippen LogP) is 5.62. The maximum absolute atomic E-state index is 11.4. The lowest BCUT2D eigenvalue weighted by Gasteiger charge is -2.02. The lowest BCUT2D eigenvalue weighted by atomic mass is 10.1. The maximum atomic E-state index is 11.4. The average Bonchev–Trinajstić information content (AvgIpc) is 2.38. The molecule has 0 aromatic carbocycles. The number of Topliss-reactive ketones (excluding diaryl/α,β-unsaturated/α-hetero) is 1. The van der Waals surface area contributed by atoms with Crippen molar-refractivity contribution in [2.24, 2.45) is 0 Å². The summed E-state index contributed by atoms with van der Waals surface area (Å²) in [6, 6.07) is 0. The first-order valence-corrected chi connectivity index (χ1v) is 9.06. The maximum Gasteiger partial charge on any atom is 0.142 e. The zero-order chi connectivity index (χ0) is 13.5. The van der Waals surface area contributed by atoms with Crippen LogP contribution >= 0.6 is 11.8 Å². The van der Waals surface area contributed by atoms with Crippen LogP contribution in [-0.4, -0.2) is 17.3 Å². The molecule has 0 aromatic heterocycles. The molecule has 0 aliphatic rings. The molecule has 0 spiro atoms. The third-order valence-corrected chi connectivity index (χ3v) is 4.21. The Labute approximate surface area is 118 Å². The van der Waals surface area contributed by atoms with Crippen molar-refractivity contribution in [3.05, 3.63) is 0 Å². The van der Waals surface area contributed by atoms with Gasteiger partial charge in [-0.05, 0) is 12.2 Å². The first-order valence-electron chi connectivity index (χ1n) is 7.90. The molecule has 0 bridgehead atoms. The summed E-state index contributed by atoms with van der Waals surface area (Å²) in [6.45, 7) is 4.37. The number of hydrogen-bond acceptors (Lipinski definition) is 2. The molecule has 0 fully saturated rings. The third kappa shape index (κ3) is 14.1. The molecule has 0 unspecified atom stereocenters. The molecular formula is C16H32OS. The second-order valence-electron chi connectivity index (χ2n) is 5.11. The second-order valence-corrected chi connectivity index (χ2v) is 6.38. The van der Waals surface area contributed by atoms with Crippen LogP contribution in [0.5, 0.6) is 0 Å². The van der Waals surface area contributed by atoms with Gasteiger partial charge in [-0.15, -0.1) is 0 Å². The van der Waals surface area contributed by atoms with E-state index in [-0.39, 0.29) is 0 Å². The second kappa shape index (κ2) is 15.1. The first kappa shape index (κ1) is 18.0. The number of carbonyl (C=O) groups excluding carboxylic acids is 1. The van der Waals surface area contributed by atoms with Crippen LogP contribution in [0.4, 0.5) is 0 Å². The quantitative estimate of drug-likeness (QED) is 0.382. The summed E-state index contributed by atoms with van der Waals surface area (Å²) >= 11 is 1.75. The number of hydrogen-bond donors (Lipinski definition) is 0. The van der Waals surface area contributed by atoms with E-state index in [2.05, 4.69) is 13.8 Å². The van der Waals surface area contributed by atoms with Crippen molar-refractivity contribution in [1.29, 1.82) is 0 Å². The third-order valence-electron chi connectivity index (χ3n) is 3.28. The van der Waals surface area contributed by atoms with Crippen LogP contribution in [0.25, 0.3) is 0 Å². The molecule has 0 N–H and O–H groups in total. The van der Waals surface area contributed by atoms with Crippen molar-refractivity contribution in [2.75, 3.05) is 11.5 Å². The Hall–Kier alpha value is 0.0200. The van der Waals surface area contributed by atoms with Gasteiger partial charge in [0.2, 0.25) is 0 Å². The van der Waals surface area contributed by atoms with E-state index in [9.17, 15) is 4.79 Å². The molecule has 1 nitrogen and oxygen atoms in total. The summed E-state index contributed by atoms with van der Waals surface area (Å²) in [5, 5.41) is 0. The molecule has 0 amide bonds. The standard InChI is InChI=1S/C16H32OS/c1-3-5-6-7-8-9-10-11-12-13-14-16(17)15-18-4-2/h3-15H2,1-2H3. The molecule has 0 atom stereocenters. The summed E-state index contributed by atoms with van der Waals surface area (Å²) in [5.41, 5.74) is 0. The van der Waals surface area contributed by atoms with Crippen molar-refractivity contribution in [3.63, 3.8) is 0 Å². The van der Waals surface area contributed by atoms with Crippen LogP contribution in [0.2, 0.25) is 0 Å². The van der Waals surface area contributed by atoms with Crippen molar-refractivity contribution in [1.82, 2.24) is 0 Å². The molecule has 2 heteroatoms. The normalized spacial score (nSPS) is 10.8. The monoisotopic (exact) mass is 272 g/mol. The first-order chi connectivity index (χ1) is 8.81. The highest BCUT2D eigenvalue weighted by Crippen LogP contribution is 2.12. The molecule has 0 heterocycles. The fourth-order valence-corrected chi connectivity index (χ4v) is 2.67. The van der Waals surface area contributed by atoms with E-state index < -0.39 is 0 Å². The van der Waals surface area contributed by atoms with Crippen molar-refractivity contribution in [2.45, 2.75) is 84.5 Å². The van der Waals surface area contributed by atoms with Gasteiger partial charge >= 0.3 is 0 Å². The Morgan fingerprint density at radius 3 is 1.78 bits per heavy atom. The molecule has 108 valence electrons. The average molecular weight is 272 g/mol. The highest BCUT2D eigenvalue weighted by atomic mass is 32.2. The van der Waals surface area contributed by atoms with Crippen LogP contribution in [0.3, 0.4) is 0 Å². The Balaban J connectivity index is 3.04. The van der Waals surface area contributed by atoms with Crippen LogP contribution in [0, 0.1) is 0 Å². The summed E-state index contributed by atoms with van der Waals surface area (Å²) in [5.74, 6) is 2.24. The van der Waals surface area contributed by atoms with Gasteiger partial charge in [-0.25, -0.2) is 0 Å². The SMILES string of the molecule is CCCCCCCCCCCCC(=O)CSCC. The largest absolute Gasteiger partial charge is 0.299 e. The molecule has 0 rings (SSSR count). The van der Waals surface area contributed by atoms with E-state index in [4.69, 9.17) is 0 Å². The van der Waals surface area contributed by atoms with Crippen LogP contribution in [0.15, 0.2) is 0 Å². The molecule has 0 saturated heterocycles. The smallest absolute Gasteiger partial charge is 0.142 e. The fourth-order valence-electron chi connectivity index (χ4n) is 2.10. The van der Waals surface area contributed by atoms with E-state index in [1.54, 1.807) is 11.8 Å². The van der Waals surface area contributed by atoms with E-state index >= 15 is 0 Å². The van der Waals surface area contributed by atoms with Gasteiger partial charge in [-0.1, -0.05) is 71.6 Å². The van der Waals surface area contributed by atoms with E-state index in [1.165, 1.54) is 57.8 Å². The zero-order valence-corrected chi connectivity index (χ0v) is 13.3. The molecule has 0 saturated carbocycles. The van der Waals surface area contributed by atoms with Gasteiger partial charge in [0, 0.05) is 6.42 Å². The van der Waals surface area contributed by atoms with Crippen LogP contribution < -0.4 is 0 Å². The lowest BCUT2D eigenvalue weighted by Crippen LogP contribution is -2.01. The van der Waals surface area contributed by atoms with Crippen molar-refractivity contribution >= 4 is 17.5 Å². The topological polar surface area (TPSA) is 17.1 Å². The van der Waals surface area contributed by atoms with Gasteiger partial charge in [0.05, 0.1) is 5.75 Å². The van der Waals surface area contributed by atoms with Gasteiger partial charge in [0.25, 0.3) is 0 Å². The highest BCUT2D eigenvalue weighted by Gasteiger charge is 2.00. The summed E-state index contributed by atoms with van der Waals surface area (Å²) < 4.78 is 0. The molecule has 18 heavy (non-hydrogen) atoms. The molecule has 0 radical (unpaired) electrons. The summed E-state index contributed by atoms with van der Waals surface area (Å²) in [7, 11) is 0. The minimum absolute atomic E-state index is 0.446. The van der Waals surface area contributed by atoms with Crippen LogP contribution in [-0.2, 0) is 4.79 Å². The highest BCUT2D eigenvalue weighted by molar-refractivity contribution is 7.99. The number of carbonyl (C=O) groups is 1. The van der Waals surface area contributed by atoms with Crippen molar-refractivity contribution in [3.8, 4) is 0 Å².